The van der Waals surface area contributed by atoms with Crippen molar-refractivity contribution in [1.82, 2.24) is 9.80 Å². The van der Waals surface area contributed by atoms with Gasteiger partial charge in [0.25, 0.3) is 0 Å². The number of halogens is 4. The lowest BCUT2D eigenvalue weighted by atomic mass is 10.5. The zero-order chi connectivity index (χ0) is 13.9. The fourth-order valence-corrected chi connectivity index (χ4v) is 5.81. The number of urea groups is 1. The van der Waals surface area contributed by atoms with Crippen LogP contribution in [0.4, 0.5) is 4.79 Å². The summed E-state index contributed by atoms with van der Waals surface area (Å²) in [7, 11) is 3.24. The van der Waals surface area contributed by atoms with Gasteiger partial charge in [-0.2, -0.15) is 0 Å². The summed E-state index contributed by atoms with van der Waals surface area (Å²) in [6, 6.07) is -0.0216. The van der Waals surface area contributed by atoms with Crippen LogP contribution in [0.1, 0.15) is 0 Å². The van der Waals surface area contributed by atoms with Crippen molar-refractivity contribution in [2.45, 2.75) is 18.0 Å². The second-order valence-electron chi connectivity index (χ2n) is 3.62. The average molecular weight is 612 g/mol. The molecule has 1 aliphatic rings. The van der Waals surface area contributed by atoms with Gasteiger partial charge >= 0.3 is 6.03 Å². The molecule has 0 aliphatic carbocycles. The maximum atomic E-state index is 12.4. The molecular formula is C9H14Br2I2N2O3. The molecule has 0 spiro atoms. The second kappa shape index (κ2) is 8.15. The number of methoxy groups -OCH3 is 2. The molecule has 0 saturated carbocycles. The molecule has 1 saturated heterocycles. The highest BCUT2D eigenvalue weighted by molar-refractivity contribution is 14.1. The summed E-state index contributed by atoms with van der Waals surface area (Å²) >= 11 is 11.5. The number of alkyl halides is 4. The van der Waals surface area contributed by atoms with Gasteiger partial charge in [0.15, 0.2) is 0 Å². The van der Waals surface area contributed by atoms with Gasteiger partial charge in [0.1, 0.15) is 18.0 Å². The number of carbonyl (C=O) groups is 1. The van der Waals surface area contributed by atoms with Crippen molar-refractivity contribution in [3.8, 4) is 0 Å². The van der Waals surface area contributed by atoms with Crippen molar-refractivity contribution < 1.29 is 14.3 Å². The zero-order valence-corrected chi connectivity index (χ0v) is 17.3. The first-order chi connectivity index (χ1) is 8.45. The lowest BCUT2D eigenvalue weighted by Gasteiger charge is -2.26. The SMILES string of the molecule is COCC(Br)N1C(=O)N(C(Br)COC)C(I)C1I. The molecule has 4 atom stereocenters. The molecule has 5 nitrogen and oxygen atoms in total. The minimum absolute atomic E-state index is 0.0216. The van der Waals surface area contributed by atoms with E-state index in [1.165, 1.54) is 0 Å². The van der Waals surface area contributed by atoms with Gasteiger partial charge < -0.3 is 9.47 Å². The molecule has 106 valence electrons. The van der Waals surface area contributed by atoms with Crippen LogP contribution in [-0.4, -0.2) is 61.3 Å². The number of nitrogens with zero attached hydrogens (tertiary/aromatic N) is 2. The number of carbonyl (C=O) groups excluding carboxylic acids is 1. The number of hydrogen-bond donors (Lipinski definition) is 0. The summed E-state index contributed by atoms with van der Waals surface area (Å²) in [5.74, 6) is 0. The van der Waals surface area contributed by atoms with Crippen LogP contribution in [0.2, 0.25) is 0 Å². The van der Waals surface area contributed by atoms with E-state index in [1.54, 1.807) is 24.0 Å². The molecule has 0 aromatic carbocycles. The third-order valence-corrected chi connectivity index (χ3v) is 7.76. The van der Waals surface area contributed by atoms with Gasteiger partial charge in [-0.1, -0.05) is 77.0 Å². The highest BCUT2D eigenvalue weighted by atomic mass is 127. The van der Waals surface area contributed by atoms with Gasteiger partial charge in [0, 0.05) is 14.2 Å². The average Bonchev–Trinajstić information content (AvgIpc) is 2.51. The Bertz CT molecular complexity index is 275. The lowest BCUT2D eigenvalue weighted by Crippen LogP contribution is -2.43. The molecule has 0 N–H and O–H groups in total. The Morgan fingerprint density at radius 2 is 1.44 bits per heavy atom. The Kier molecular flexibility index (Phi) is 8.00. The van der Waals surface area contributed by atoms with Gasteiger partial charge in [-0.25, -0.2) is 4.79 Å². The highest BCUT2D eigenvalue weighted by Gasteiger charge is 2.47. The maximum Gasteiger partial charge on any atom is 0.323 e. The van der Waals surface area contributed by atoms with Crippen molar-refractivity contribution >= 4 is 83.1 Å². The molecular weight excluding hydrogens is 598 g/mol. The second-order valence-corrected chi connectivity index (χ2v) is 8.29. The van der Waals surface area contributed by atoms with E-state index in [1.807, 2.05) is 0 Å². The molecule has 1 fully saturated rings. The van der Waals surface area contributed by atoms with Crippen LogP contribution in [-0.2, 0) is 9.47 Å². The van der Waals surface area contributed by atoms with Gasteiger partial charge in [-0.05, 0) is 0 Å². The van der Waals surface area contributed by atoms with E-state index in [0.29, 0.717) is 13.2 Å². The van der Waals surface area contributed by atoms with Crippen LogP contribution < -0.4 is 0 Å². The number of rotatable bonds is 6. The van der Waals surface area contributed by atoms with Gasteiger partial charge in [-0.3, -0.25) is 9.80 Å². The fourth-order valence-electron chi connectivity index (χ4n) is 1.59. The Morgan fingerprint density at radius 3 is 1.72 bits per heavy atom. The van der Waals surface area contributed by atoms with E-state index < -0.39 is 0 Å². The Labute approximate surface area is 151 Å². The number of amides is 2. The molecule has 0 radical (unpaired) electrons. The first-order valence-corrected chi connectivity index (χ1v) is 9.42. The van der Waals surface area contributed by atoms with Crippen LogP contribution in [0, 0.1) is 0 Å². The summed E-state index contributed by atoms with van der Waals surface area (Å²) < 4.78 is 10.3. The topological polar surface area (TPSA) is 42.0 Å². The summed E-state index contributed by atoms with van der Waals surface area (Å²) in [6.45, 7) is 0.916. The van der Waals surface area contributed by atoms with Gasteiger partial charge in [0.2, 0.25) is 0 Å². The third kappa shape index (κ3) is 3.83. The summed E-state index contributed by atoms with van der Waals surface area (Å²) in [4.78, 5) is 15.7. The van der Waals surface area contributed by atoms with Crippen molar-refractivity contribution in [2.75, 3.05) is 27.4 Å². The van der Waals surface area contributed by atoms with Crippen LogP contribution in [0.15, 0.2) is 0 Å². The summed E-state index contributed by atoms with van der Waals surface area (Å²) in [5, 5.41) is 0. The quantitative estimate of drug-likeness (QED) is 0.264. The van der Waals surface area contributed by atoms with Crippen molar-refractivity contribution in [3.05, 3.63) is 0 Å². The molecule has 0 aromatic heterocycles. The van der Waals surface area contributed by atoms with E-state index in [-0.39, 0.29) is 24.0 Å². The standard InChI is InChI=1S/C9H14Br2I2N2O3/c1-17-3-5(10)14-7(12)8(13)15(9(14)16)6(11)4-18-2/h5-8H,3-4H2,1-2H3. The van der Waals surface area contributed by atoms with Crippen molar-refractivity contribution in [1.29, 1.82) is 0 Å². The fraction of sp³-hybridized carbons (Fsp3) is 0.889. The first-order valence-electron chi connectivity index (χ1n) is 5.10. The van der Waals surface area contributed by atoms with Crippen LogP contribution in [0.5, 0.6) is 0 Å². The normalized spacial score (nSPS) is 27.8. The molecule has 0 aromatic rings. The van der Waals surface area contributed by atoms with Gasteiger partial charge in [-0.15, -0.1) is 0 Å². The van der Waals surface area contributed by atoms with Crippen LogP contribution >= 0.6 is 77.0 Å². The first kappa shape index (κ1) is 17.7. The number of ether oxygens (including phenoxy) is 2. The van der Waals surface area contributed by atoms with E-state index in [9.17, 15) is 4.79 Å². The molecule has 1 aliphatic heterocycles. The Morgan fingerprint density at radius 1 is 1.11 bits per heavy atom. The van der Waals surface area contributed by atoms with Crippen LogP contribution in [0.25, 0.3) is 0 Å². The molecule has 1 rings (SSSR count). The minimum atomic E-state index is -0.124. The minimum Gasteiger partial charge on any atom is -0.382 e. The monoisotopic (exact) mass is 610 g/mol. The van der Waals surface area contributed by atoms with Crippen molar-refractivity contribution in [3.63, 3.8) is 0 Å². The zero-order valence-electron chi connectivity index (χ0n) is 9.85. The van der Waals surface area contributed by atoms with E-state index in [4.69, 9.17) is 9.47 Å². The van der Waals surface area contributed by atoms with E-state index in [0.717, 1.165) is 0 Å². The molecule has 0 bridgehead atoms. The van der Waals surface area contributed by atoms with Crippen molar-refractivity contribution in [2.24, 2.45) is 0 Å². The van der Waals surface area contributed by atoms with E-state index in [2.05, 4.69) is 77.0 Å². The molecule has 1 heterocycles. The third-order valence-electron chi connectivity index (χ3n) is 2.41. The lowest BCUT2D eigenvalue weighted by molar-refractivity contribution is 0.132. The van der Waals surface area contributed by atoms with Gasteiger partial charge in [0.05, 0.1) is 13.2 Å². The molecule has 9 heteroatoms. The molecule has 4 unspecified atom stereocenters. The predicted molar refractivity (Wildman–Crippen MR) is 93.9 cm³/mol. The molecule has 2 amide bonds. The summed E-state index contributed by atoms with van der Waals surface area (Å²) in [5.41, 5.74) is 0. The Hall–Kier alpha value is 1.61. The predicted octanol–water partition coefficient (Wildman–Crippen LogP) is 2.98. The Balaban J connectivity index is 2.82. The number of hydrogen-bond acceptors (Lipinski definition) is 3. The van der Waals surface area contributed by atoms with E-state index >= 15 is 0 Å². The molecule has 18 heavy (non-hydrogen) atoms. The van der Waals surface area contributed by atoms with Crippen LogP contribution in [0.3, 0.4) is 0 Å². The summed E-state index contributed by atoms with van der Waals surface area (Å²) in [6.07, 6.45) is 0. The highest BCUT2D eigenvalue weighted by Crippen LogP contribution is 2.37. The maximum absolute atomic E-state index is 12.4. The smallest absolute Gasteiger partial charge is 0.323 e. The largest absolute Gasteiger partial charge is 0.382 e.